The Morgan fingerprint density at radius 2 is 1.73 bits per heavy atom. The quantitative estimate of drug-likeness (QED) is 0.155. The van der Waals surface area contributed by atoms with E-state index in [1.54, 1.807) is 36.5 Å². The number of morpholine rings is 1. The van der Waals surface area contributed by atoms with E-state index in [4.69, 9.17) is 18.9 Å². The number of carbonyl (C=O) groups is 1. The molecule has 6 aromatic rings. The van der Waals surface area contributed by atoms with Crippen LogP contribution < -0.4 is 25.1 Å². The fourth-order valence-electron chi connectivity index (χ4n) is 5.90. The molecule has 4 heterocycles. The van der Waals surface area contributed by atoms with Crippen molar-refractivity contribution < 1.29 is 32.5 Å². The molecule has 0 aliphatic carbocycles. The predicted octanol–water partition coefficient (Wildman–Crippen LogP) is 6.37. The summed E-state index contributed by atoms with van der Waals surface area (Å²) >= 11 is 0. The molecule has 1 N–H and O–H groups in total. The van der Waals surface area contributed by atoms with Crippen molar-refractivity contribution >= 4 is 33.5 Å². The van der Waals surface area contributed by atoms with Crippen molar-refractivity contribution in [2.75, 3.05) is 51.9 Å². The molecule has 1 aliphatic rings. The lowest BCUT2D eigenvalue weighted by Crippen LogP contribution is -2.37. The predicted molar refractivity (Wildman–Crippen MR) is 187 cm³/mol. The summed E-state index contributed by atoms with van der Waals surface area (Å²) in [5.41, 5.74) is 0.406. The number of amides is 1. The van der Waals surface area contributed by atoms with Crippen LogP contribution in [-0.4, -0.2) is 71.9 Å². The summed E-state index contributed by atoms with van der Waals surface area (Å²) in [6.07, 6.45) is 3.90. The van der Waals surface area contributed by atoms with E-state index in [0.29, 0.717) is 51.5 Å². The van der Waals surface area contributed by atoms with Crippen LogP contribution in [0.15, 0.2) is 96.1 Å². The minimum Gasteiger partial charge on any atom is -0.493 e. The summed E-state index contributed by atoms with van der Waals surface area (Å²) < 4.78 is 53.4. The molecule has 1 aliphatic heterocycles. The zero-order valence-electron chi connectivity index (χ0n) is 27.6. The SMILES string of the molecule is COc1cc2c(Oc3ccc(NC(=O)c4cc5cccnc5n(-c5ccc(F)cc5)c4=O)cc3F)ccnc2cc1OCCCN1CCOCC1. The molecule has 1 saturated heterocycles. The highest BCUT2D eigenvalue weighted by Gasteiger charge is 2.19. The largest absolute Gasteiger partial charge is 0.493 e. The molecule has 260 valence electrons. The number of methoxy groups -OCH3 is 1. The topological polar surface area (TPSA) is 117 Å². The summed E-state index contributed by atoms with van der Waals surface area (Å²) in [7, 11) is 1.54. The van der Waals surface area contributed by atoms with Crippen molar-refractivity contribution in [3.63, 3.8) is 0 Å². The highest BCUT2D eigenvalue weighted by atomic mass is 19.1. The van der Waals surface area contributed by atoms with Crippen molar-refractivity contribution in [1.82, 2.24) is 19.4 Å². The van der Waals surface area contributed by atoms with Gasteiger partial charge in [-0.3, -0.25) is 24.0 Å². The van der Waals surface area contributed by atoms with Gasteiger partial charge in [-0.2, -0.15) is 0 Å². The first kappa shape index (κ1) is 33.6. The molecule has 7 rings (SSSR count). The molecule has 11 nitrogen and oxygen atoms in total. The third-order valence-corrected chi connectivity index (χ3v) is 8.47. The van der Waals surface area contributed by atoms with E-state index in [9.17, 15) is 14.0 Å². The van der Waals surface area contributed by atoms with Crippen LogP contribution in [0.5, 0.6) is 23.0 Å². The summed E-state index contributed by atoms with van der Waals surface area (Å²) in [6.45, 7) is 4.71. The molecule has 51 heavy (non-hydrogen) atoms. The van der Waals surface area contributed by atoms with Crippen molar-refractivity contribution in [3.05, 3.63) is 119 Å². The molecule has 0 spiro atoms. The van der Waals surface area contributed by atoms with Gasteiger partial charge < -0.3 is 24.3 Å². The molecule has 1 amide bonds. The van der Waals surface area contributed by atoms with Crippen molar-refractivity contribution in [2.45, 2.75) is 6.42 Å². The van der Waals surface area contributed by atoms with E-state index in [-0.39, 0.29) is 17.0 Å². The summed E-state index contributed by atoms with van der Waals surface area (Å²) in [6, 6.07) is 19.1. The zero-order valence-corrected chi connectivity index (χ0v) is 27.6. The number of fused-ring (bicyclic) bond motifs is 2. The summed E-state index contributed by atoms with van der Waals surface area (Å²) in [5.74, 6) is -0.743. The fraction of sp³-hybridized carbons (Fsp3) is 0.211. The van der Waals surface area contributed by atoms with Crippen LogP contribution in [-0.2, 0) is 4.74 Å². The smallest absolute Gasteiger partial charge is 0.269 e. The molecule has 0 saturated carbocycles. The Kier molecular flexibility index (Phi) is 9.81. The zero-order chi connectivity index (χ0) is 35.3. The maximum absolute atomic E-state index is 15.5. The Hall–Kier alpha value is -5.92. The molecule has 3 aromatic carbocycles. The van der Waals surface area contributed by atoms with E-state index in [2.05, 4.69) is 20.2 Å². The molecule has 3 aromatic heterocycles. The second kappa shape index (κ2) is 14.9. The average Bonchev–Trinajstić information content (AvgIpc) is 3.15. The Morgan fingerprint density at radius 1 is 0.902 bits per heavy atom. The average molecular weight is 694 g/mol. The van der Waals surface area contributed by atoms with Gasteiger partial charge >= 0.3 is 0 Å². The number of ether oxygens (including phenoxy) is 4. The number of halogens is 2. The van der Waals surface area contributed by atoms with Gasteiger partial charge in [0, 0.05) is 60.6 Å². The lowest BCUT2D eigenvalue weighted by Gasteiger charge is -2.26. The van der Waals surface area contributed by atoms with Crippen LogP contribution in [0.2, 0.25) is 0 Å². The van der Waals surface area contributed by atoms with Crippen molar-refractivity contribution in [3.8, 4) is 28.7 Å². The number of hydrogen-bond donors (Lipinski definition) is 1. The highest BCUT2D eigenvalue weighted by molar-refractivity contribution is 6.05. The molecular formula is C38H33F2N5O6. The van der Waals surface area contributed by atoms with Gasteiger partial charge in [-0.15, -0.1) is 0 Å². The maximum atomic E-state index is 15.5. The van der Waals surface area contributed by atoms with Gasteiger partial charge in [-0.05, 0) is 73.2 Å². The molecule has 0 radical (unpaired) electrons. The van der Waals surface area contributed by atoms with Gasteiger partial charge in [-0.25, -0.2) is 13.8 Å². The number of nitrogens with one attached hydrogen (secondary N) is 1. The van der Waals surface area contributed by atoms with Gasteiger partial charge in [0.2, 0.25) is 0 Å². The summed E-state index contributed by atoms with van der Waals surface area (Å²) in [5, 5.41) is 3.68. The normalized spacial score (nSPS) is 13.3. The first-order chi connectivity index (χ1) is 24.9. The number of pyridine rings is 3. The van der Waals surface area contributed by atoms with Crippen LogP contribution in [0.25, 0.3) is 27.6 Å². The van der Waals surface area contributed by atoms with Crippen LogP contribution in [0, 0.1) is 11.6 Å². The molecule has 1 fully saturated rings. The number of rotatable bonds is 11. The van der Waals surface area contributed by atoms with Crippen molar-refractivity contribution in [1.29, 1.82) is 0 Å². The van der Waals surface area contributed by atoms with Gasteiger partial charge in [-0.1, -0.05) is 0 Å². The van der Waals surface area contributed by atoms with E-state index in [0.717, 1.165) is 45.3 Å². The second-order valence-corrected chi connectivity index (χ2v) is 11.8. The Morgan fingerprint density at radius 3 is 2.51 bits per heavy atom. The summed E-state index contributed by atoms with van der Waals surface area (Å²) in [4.78, 5) is 38.1. The van der Waals surface area contributed by atoms with E-state index in [1.807, 2.05) is 0 Å². The number of carbonyl (C=O) groups excluding carboxylic acids is 1. The maximum Gasteiger partial charge on any atom is 0.269 e. The molecule has 13 heteroatoms. The van der Waals surface area contributed by atoms with E-state index >= 15 is 4.39 Å². The van der Waals surface area contributed by atoms with Crippen LogP contribution >= 0.6 is 0 Å². The number of anilines is 1. The fourth-order valence-corrected chi connectivity index (χ4v) is 5.90. The Labute approximate surface area is 291 Å². The van der Waals surface area contributed by atoms with Gasteiger partial charge in [0.25, 0.3) is 11.5 Å². The third kappa shape index (κ3) is 7.35. The first-order valence-electron chi connectivity index (χ1n) is 16.3. The molecule has 0 unspecified atom stereocenters. The Bertz CT molecular complexity index is 2280. The number of aromatic nitrogens is 3. The van der Waals surface area contributed by atoms with Gasteiger partial charge in [0.15, 0.2) is 23.1 Å². The monoisotopic (exact) mass is 693 g/mol. The first-order valence-corrected chi connectivity index (χ1v) is 16.3. The van der Waals surface area contributed by atoms with E-state index < -0.39 is 23.1 Å². The van der Waals surface area contributed by atoms with Crippen LogP contribution in [0.4, 0.5) is 14.5 Å². The lowest BCUT2D eigenvalue weighted by molar-refractivity contribution is 0.0357. The second-order valence-electron chi connectivity index (χ2n) is 11.8. The number of nitrogens with zero attached hydrogens (tertiary/aromatic N) is 4. The third-order valence-electron chi connectivity index (χ3n) is 8.47. The molecule has 0 bridgehead atoms. The van der Waals surface area contributed by atoms with E-state index in [1.165, 1.54) is 60.3 Å². The van der Waals surface area contributed by atoms with Crippen LogP contribution in [0.3, 0.4) is 0 Å². The lowest BCUT2D eigenvalue weighted by atomic mass is 10.1. The van der Waals surface area contributed by atoms with Gasteiger partial charge in [0.1, 0.15) is 22.8 Å². The molecule has 0 atom stereocenters. The van der Waals surface area contributed by atoms with Gasteiger partial charge in [0.05, 0.1) is 38.1 Å². The van der Waals surface area contributed by atoms with Crippen LogP contribution in [0.1, 0.15) is 16.8 Å². The molecular weight excluding hydrogens is 660 g/mol. The minimum absolute atomic E-state index is 0.0977. The minimum atomic E-state index is -0.763. The number of benzene rings is 3. The number of hydrogen-bond acceptors (Lipinski definition) is 9. The highest BCUT2D eigenvalue weighted by Crippen LogP contribution is 2.38. The van der Waals surface area contributed by atoms with Crippen molar-refractivity contribution in [2.24, 2.45) is 0 Å². The standard InChI is InChI=1S/C38H33F2N5O6/c1-48-34-22-28-31(23-35(34)50-17-3-14-44-15-18-49-19-16-44)41-13-11-32(28)51-33-10-7-26(21-30(33)40)43-37(46)29-20-24-4-2-12-42-36(24)45(38(29)47)27-8-5-25(39)6-9-27/h2,4-13,20-23H,3,14-19H2,1H3,(H,43,46). The Balaban J connectivity index is 1.08.